The van der Waals surface area contributed by atoms with E-state index in [1.807, 2.05) is 51.1 Å². The van der Waals surface area contributed by atoms with E-state index in [0.717, 1.165) is 22.3 Å². The molecule has 1 N–H and O–H groups in total. The van der Waals surface area contributed by atoms with Crippen LogP contribution in [0.5, 0.6) is 0 Å². The Kier molecular flexibility index (Phi) is 8.90. The molecular weight excluding hydrogens is 514 g/mol. The monoisotopic (exact) mass is 551 g/mol. The molecule has 0 saturated carbocycles. The number of carbonyl (C=O) groups excluding carboxylic acids is 3. The number of aromatic nitrogens is 1. The van der Waals surface area contributed by atoms with E-state index in [4.69, 9.17) is 18.9 Å². The molecule has 4 rings (SSSR count). The quantitative estimate of drug-likeness (QED) is 0.351. The first kappa shape index (κ1) is 29.2. The number of anilines is 1. The lowest BCUT2D eigenvalue weighted by atomic mass is 9.79. The summed E-state index contributed by atoms with van der Waals surface area (Å²) in [7, 11) is 3.03. The summed E-state index contributed by atoms with van der Waals surface area (Å²) in [4.78, 5) is 43.0. The molecular formula is C30H37N3O7. The van der Waals surface area contributed by atoms with E-state index in [-0.39, 0.29) is 12.0 Å². The number of esters is 1. The van der Waals surface area contributed by atoms with Gasteiger partial charge in [-0.3, -0.25) is 4.79 Å². The van der Waals surface area contributed by atoms with E-state index in [1.54, 1.807) is 19.3 Å². The van der Waals surface area contributed by atoms with Crippen LogP contribution in [0.2, 0.25) is 0 Å². The van der Waals surface area contributed by atoms with Gasteiger partial charge in [0.25, 0.3) is 0 Å². The van der Waals surface area contributed by atoms with Crippen LogP contribution in [0.1, 0.15) is 53.4 Å². The highest BCUT2D eigenvalue weighted by Crippen LogP contribution is 2.47. The number of hydrogen-bond acceptors (Lipinski definition) is 8. The second-order valence-electron chi connectivity index (χ2n) is 11.0. The van der Waals surface area contributed by atoms with Crippen LogP contribution in [0, 0.1) is 0 Å². The molecule has 2 heterocycles. The summed E-state index contributed by atoms with van der Waals surface area (Å²) < 4.78 is 21.3. The fraction of sp³-hybridized carbons (Fsp3) is 0.467. The number of nitrogens with one attached hydrogen (secondary N) is 1. The van der Waals surface area contributed by atoms with Gasteiger partial charge in [-0.25, -0.2) is 14.6 Å². The van der Waals surface area contributed by atoms with E-state index in [0.29, 0.717) is 57.2 Å². The van der Waals surface area contributed by atoms with Gasteiger partial charge in [0.15, 0.2) is 0 Å². The Hall–Kier alpha value is -3.76. The lowest BCUT2D eigenvalue weighted by Gasteiger charge is -2.24. The largest absolute Gasteiger partial charge is 0.465 e. The van der Waals surface area contributed by atoms with E-state index in [2.05, 4.69) is 10.3 Å². The number of fused-ring (bicyclic) bond motifs is 3. The Morgan fingerprint density at radius 3 is 2.60 bits per heavy atom. The van der Waals surface area contributed by atoms with Crippen LogP contribution >= 0.6 is 0 Å². The van der Waals surface area contributed by atoms with Crippen LogP contribution < -0.4 is 5.32 Å². The van der Waals surface area contributed by atoms with Gasteiger partial charge in [-0.15, -0.1) is 0 Å². The SMILES string of the molecule is COC(=O)c1ccc2c(c1)C[C@@]1(C2)C(=O)Nc2ncc(/C=C/COCCOCCN(C)C(=O)OC(C)(C)C)cc21. The fourth-order valence-corrected chi connectivity index (χ4v) is 4.85. The third-order valence-corrected chi connectivity index (χ3v) is 6.88. The molecule has 0 saturated heterocycles. The predicted molar refractivity (Wildman–Crippen MR) is 149 cm³/mol. The number of carbonyl (C=O) groups is 3. The minimum atomic E-state index is -0.741. The van der Waals surface area contributed by atoms with Crippen LogP contribution in [0.25, 0.3) is 6.08 Å². The Labute approximate surface area is 234 Å². The summed E-state index contributed by atoms with van der Waals surface area (Å²) in [6, 6.07) is 7.45. The predicted octanol–water partition coefficient (Wildman–Crippen LogP) is 3.77. The highest BCUT2D eigenvalue weighted by Gasteiger charge is 2.51. The van der Waals surface area contributed by atoms with Gasteiger partial charge in [-0.2, -0.15) is 0 Å². The van der Waals surface area contributed by atoms with Crippen molar-refractivity contribution < 1.29 is 33.3 Å². The average Bonchev–Trinajstić information content (AvgIpc) is 3.42. The molecule has 0 radical (unpaired) electrons. The van der Waals surface area contributed by atoms with Crippen molar-refractivity contribution in [2.45, 2.75) is 44.6 Å². The second kappa shape index (κ2) is 12.2. The number of nitrogens with zero attached hydrogens (tertiary/aromatic N) is 2. The molecule has 10 nitrogen and oxygen atoms in total. The minimum absolute atomic E-state index is 0.0763. The number of hydrogen-bond donors (Lipinski definition) is 1. The molecule has 10 heteroatoms. The van der Waals surface area contributed by atoms with Crippen molar-refractivity contribution in [2.75, 3.05) is 52.4 Å². The topological polar surface area (TPSA) is 116 Å². The zero-order valence-corrected chi connectivity index (χ0v) is 23.7. The zero-order chi connectivity index (χ0) is 28.9. The molecule has 2 amide bonds. The Balaban J connectivity index is 1.25. The molecule has 1 spiro atoms. The standard InChI is InChI=1S/C30H37N3O7/c1-29(2,3)40-28(36)33(4)10-12-39-14-13-38-11-6-7-20-15-24-25(31-19-20)32-27(35)30(24)17-22-9-8-21(26(34)37-5)16-23(22)18-30/h6-9,15-16,19H,10-14,17-18H2,1-5H3,(H,31,32,35)/b7-6+/t30-/m1/s1. The number of amides is 2. The van der Waals surface area contributed by atoms with Crippen molar-refractivity contribution in [1.29, 1.82) is 0 Å². The van der Waals surface area contributed by atoms with Crippen LogP contribution in [0.3, 0.4) is 0 Å². The highest BCUT2D eigenvalue weighted by atomic mass is 16.6. The molecule has 1 aromatic heterocycles. The first-order valence-corrected chi connectivity index (χ1v) is 13.3. The number of methoxy groups -OCH3 is 1. The molecule has 0 bridgehead atoms. The summed E-state index contributed by atoms with van der Waals surface area (Å²) in [6.45, 7) is 7.51. The third-order valence-electron chi connectivity index (χ3n) is 6.88. The maximum Gasteiger partial charge on any atom is 0.410 e. The maximum atomic E-state index is 13.1. The lowest BCUT2D eigenvalue weighted by molar-refractivity contribution is -0.120. The smallest absolute Gasteiger partial charge is 0.410 e. The highest BCUT2D eigenvalue weighted by molar-refractivity contribution is 6.06. The van der Waals surface area contributed by atoms with Crippen molar-refractivity contribution in [3.63, 3.8) is 0 Å². The molecule has 1 aliphatic heterocycles. The summed E-state index contributed by atoms with van der Waals surface area (Å²) in [5, 5.41) is 2.93. The minimum Gasteiger partial charge on any atom is -0.465 e. The van der Waals surface area contributed by atoms with Crippen molar-refractivity contribution in [3.05, 3.63) is 64.4 Å². The fourth-order valence-electron chi connectivity index (χ4n) is 4.85. The molecule has 40 heavy (non-hydrogen) atoms. The van der Waals surface area contributed by atoms with E-state index in [9.17, 15) is 14.4 Å². The number of rotatable bonds is 10. The van der Waals surface area contributed by atoms with Crippen molar-refractivity contribution in [1.82, 2.24) is 9.88 Å². The molecule has 2 aliphatic rings. The zero-order valence-electron chi connectivity index (χ0n) is 23.7. The van der Waals surface area contributed by atoms with Gasteiger partial charge < -0.3 is 29.2 Å². The van der Waals surface area contributed by atoms with Gasteiger partial charge in [-0.1, -0.05) is 18.2 Å². The molecule has 1 atom stereocenters. The van der Waals surface area contributed by atoms with Crippen molar-refractivity contribution >= 4 is 29.9 Å². The van der Waals surface area contributed by atoms with E-state index in [1.165, 1.54) is 12.0 Å². The van der Waals surface area contributed by atoms with Gasteiger partial charge in [0.2, 0.25) is 5.91 Å². The van der Waals surface area contributed by atoms with Crippen LogP contribution in [0.4, 0.5) is 10.6 Å². The lowest BCUT2D eigenvalue weighted by Crippen LogP contribution is -2.36. The number of likely N-dealkylation sites (N-methyl/N-ethyl adjacent to an activating group) is 1. The van der Waals surface area contributed by atoms with Gasteiger partial charge in [0.05, 0.1) is 44.5 Å². The summed E-state index contributed by atoms with van der Waals surface area (Å²) in [6.07, 6.45) is 6.19. The molecule has 1 aliphatic carbocycles. The van der Waals surface area contributed by atoms with Gasteiger partial charge in [-0.05, 0) is 68.5 Å². The molecule has 2 aromatic rings. The Morgan fingerprint density at radius 2 is 1.85 bits per heavy atom. The second-order valence-corrected chi connectivity index (χ2v) is 11.0. The van der Waals surface area contributed by atoms with Gasteiger partial charge in [0.1, 0.15) is 11.4 Å². The first-order valence-electron chi connectivity index (χ1n) is 13.3. The Bertz CT molecular complexity index is 1300. The summed E-state index contributed by atoms with van der Waals surface area (Å²) in [5.41, 5.74) is 2.95. The summed E-state index contributed by atoms with van der Waals surface area (Å²) >= 11 is 0. The first-order chi connectivity index (χ1) is 19.0. The van der Waals surface area contributed by atoms with Crippen LogP contribution in [-0.4, -0.2) is 80.6 Å². The molecule has 1 aromatic carbocycles. The van der Waals surface area contributed by atoms with Gasteiger partial charge >= 0.3 is 12.1 Å². The molecule has 0 unspecified atom stereocenters. The van der Waals surface area contributed by atoms with Crippen molar-refractivity contribution in [2.24, 2.45) is 0 Å². The average molecular weight is 552 g/mol. The third kappa shape index (κ3) is 6.68. The summed E-state index contributed by atoms with van der Waals surface area (Å²) in [5.74, 6) is 0.107. The van der Waals surface area contributed by atoms with E-state index >= 15 is 0 Å². The number of benzene rings is 1. The van der Waals surface area contributed by atoms with Crippen LogP contribution in [0.15, 0.2) is 36.5 Å². The van der Waals surface area contributed by atoms with Gasteiger partial charge in [0, 0.05) is 25.4 Å². The maximum absolute atomic E-state index is 13.1. The number of pyridine rings is 1. The number of ether oxygens (including phenoxy) is 4. The van der Waals surface area contributed by atoms with Crippen molar-refractivity contribution in [3.8, 4) is 0 Å². The van der Waals surface area contributed by atoms with Crippen LogP contribution in [-0.2, 0) is 42.0 Å². The molecule has 0 fully saturated rings. The molecule has 214 valence electrons. The normalized spacial score (nSPS) is 17.6. The Morgan fingerprint density at radius 1 is 1.10 bits per heavy atom. The van der Waals surface area contributed by atoms with E-state index < -0.39 is 17.0 Å².